The minimum Gasteiger partial charge on any atom is -0.480 e. The second-order valence-corrected chi connectivity index (χ2v) is 8.02. The standard InChI is InChI=1S/C24H24N4O6/c1-13(29)21(23(31)32)26-22(30)19-11-20(27-28(19)2)25-24(33)34-12-18-16-9-5-3-7-14(16)15-8-4-6-10-17(15)18/h3-11,13,18,21,29H,12H2,1-2H3,(H,26,30)(H,31,32)(H,25,27,33). The van der Waals surface area contributed by atoms with Crippen LogP contribution in [0, 0.1) is 0 Å². The number of benzene rings is 2. The van der Waals surface area contributed by atoms with Crippen LogP contribution in [-0.4, -0.2) is 56.7 Å². The molecule has 0 saturated heterocycles. The quantitative estimate of drug-likeness (QED) is 0.420. The van der Waals surface area contributed by atoms with Crippen LogP contribution in [0.1, 0.15) is 34.5 Å². The molecular formula is C24H24N4O6. The number of nitrogens with one attached hydrogen (secondary N) is 2. The first-order valence-corrected chi connectivity index (χ1v) is 10.6. The Balaban J connectivity index is 1.41. The molecule has 1 aromatic heterocycles. The molecule has 4 rings (SSSR count). The largest absolute Gasteiger partial charge is 0.480 e. The lowest BCUT2D eigenvalue weighted by Crippen LogP contribution is -2.48. The third kappa shape index (κ3) is 4.48. The number of aliphatic hydroxyl groups excluding tert-OH is 1. The molecule has 10 nitrogen and oxygen atoms in total. The SMILES string of the molecule is CC(O)C(NC(=O)c1cc(NC(=O)OCC2c3ccccc3-c3ccccc32)nn1C)C(=O)O. The maximum Gasteiger partial charge on any atom is 0.412 e. The van der Waals surface area contributed by atoms with E-state index in [9.17, 15) is 19.5 Å². The number of aliphatic carboxylic acids is 1. The number of hydrogen-bond acceptors (Lipinski definition) is 6. The van der Waals surface area contributed by atoms with Crippen molar-refractivity contribution in [1.29, 1.82) is 0 Å². The van der Waals surface area contributed by atoms with E-state index in [4.69, 9.17) is 9.84 Å². The molecule has 0 radical (unpaired) electrons. The molecule has 0 fully saturated rings. The molecule has 4 N–H and O–H groups in total. The van der Waals surface area contributed by atoms with Gasteiger partial charge in [0, 0.05) is 19.0 Å². The summed E-state index contributed by atoms with van der Waals surface area (Å²) in [7, 11) is 1.47. The van der Waals surface area contributed by atoms with Gasteiger partial charge in [0.05, 0.1) is 6.10 Å². The van der Waals surface area contributed by atoms with Crippen molar-refractivity contribution in [3.05, 3.63) is 71.4 Å². The average Bonchev–Trinajstić information content (AvgIpc) is 3.32. The number of amides is 2. The van der Waals surface area contributed by atoms with E-state index in [1.165, 1.54) is 24.7 Å². The first kappa shape index (κ1) is 23.0. The Hall–Kier alpha value is -4.18. The van der Waals surface area contributed by atoms with Gasteiger partial charge in [-0.3, -0.25) is 14.8 Å². The second-order valence-electron chi connectivity index (χ2n) is 8.02. The van der Waals surface area contributed by atoms with E-state index in [1.807, 2.05) is 48.5 Å². The summed E-state index contributed by atoms with van der Waals surface area (Å²) < 4.78 is 6.66. The number of aryl methyl sites for hydroxylation is 1. The summed E-state index contributed by atoms with van der Waals surface area (Å²) in [6.45, 7) is 1.38. The highest BCUT2D eigenvalue weighted by molar-refractivity contribution is 5.96. The molecule has 0 spiro atoms. The molecular weight excluding hydrogens is 440 g/mol. The predicted octanol–water partition coefficient (Wildman–Crippen LogP) is 2.34. The van der Waals surface area contributed by atoms with Gasteiger partial charge in [-0.05, 0) is 29.2 Å². The van der Waals surface area contributed by atoms with E-state index >= 15 is 0 Å². The number of carbonyl (C=O) groups is 3. The van der Waals surface area contributed by atoms with Crippen molar-refractivity contribution in [2.24, 2.45) is 7.05 Å². The average molecular weight is 464 g/mol. The van der Waals surface area contributed by atoms with Crippen molar-refractivity contribution < 1.29 is 29.3 Å². The lowest BCUT2D eigenvalue weighted by Gasteiger charge is -2.16. The fourth-order valence-electron chi connectivity index (χ4n) is 4.08. The normalized spacial score (nSPS) is 14.0. The van der Waals surface area contributed by atoms with Gasteiger partial charge in [-0.25, -0.2) is 9.59 Å². The number of aliphatic hydroxyl groups is 1. The Kier molecular flexibility index (Phi) is 6.33. The van der Waals surface area contributed by atoms with Gasteiger partial charge in [0.2, 0.25) is 0 Å². The van der Waals surface area contributed by atoms with Crippen molar-refractivity contribution in [3.8, 4) is 11.1 Å². The van der Waals surface area contributed by atoms with Gasteiger partial charge < -0.3 is 20.3 Å². The first-order chi connectivity index (χ1) is 16.3. The number of fused-ring (bicyclic) bond motifs is 3. The van der Waals surface area contributed by atoms with Crippen LogP contribution in [0.2, 0.25) is 0 Å². The van der Waals surface area contributed by atoms with Crippen LogP contribution in [0.3, 0.4) is 0 Å². The van der Waals surface area contributed by atoms with E-state index in [0.29, 0.717) is 0 Å². The third-order valence-electron chi connectivity index (χ3n) is 5.72. The van der Waals surface area contributed by atoms with Gasteiger partial charge in [-0.2, -0.15) is 5.10 Å². The van der Waals surface area contributed by atoms with Crippen LogP contribution in [0.5, 0.6) is 0 Å². The Morgan fingerprint density at radius 3 is 2.24 bits per heavy atom. The number of aromatic nitrogens is 2. The molecule has 3 aromatic rings. The van der Waals surface area contributed by atoms with Gasteiger partial charge in [-0.15, -0.1) is 0 Å². The van der Waals surface area contributed by atoms with Crippen molar-refractivity contribution in [2.45, 2.75) is 25.0 Å². The minimum absolute atomic E-state index is 0.000785. The Bertz CT molecular complexity index is 1210. The molecule has 1 aliphatic carbocycles. The van der Waals surface area contributed by atoms with E-state index in [1.54, 1.807) is 0 Å². The van der Waals surface area contributed by atoms with E-state index < -0.39 is 30.1 Å². The minimum atomic E-state index is -1.49. The Morgan fingerprint density at radius 1 is 1.09 bits per heavy atom. The van der Waals surface area contributed by atoms with Crippen molar-refractivity contribution in [1.82, 2.24) is 15.1 Å². The number of ether oxygens (including phenoxy) is 1. The first-order valence-electron chi connectivity index (χ1n) is 10.6. The van der Waals surface area contributed by atoms with Crippen molar-refractivity contribution >= 4 is 23.8 Å². The molecule has 1 aliphatic rings. The molecule has 176 valence electrons. The summed E-state index contributed by atoms with van der Waals surface area (Å²) in [5, 5.41) is 27.5. The van der Waals surface area contributed by atoms with Crippen LogP contribution in [0.25, 0.3) is 11.1 Å². The van der Waals surface area contributed by atoms with Gasteiger partial charge in [0.15, 0.2) is 11.9 Å². The summed E-state index contributed by atoms with van der Waals surface area (Å²) in [5.41, 5.74) is 4.40. The maximum absolute atomic E-state index is 12.4. The van der Waals surface area contributed by atoms with Gasteiger partial charge in [-0.1, -0.05) is 48.5 Å². The van der Waals surface area contributed by atoms with E-state index in [-0.39, 0.29) is 24.0 Å². The van der Waals surface area contributed by atoms with Crippen molar-refractivity contribution in [2.75, 3.05) is 11.9 Å². The van der Waals surface area contributed by atoms with E-state index in [2.05, 4.69) is 15.7 Å². The molecule has 2 unspecified atom stereocenters. The summed E-state index contributed by atoms with van der Waals surface area (Å²) in [4.78, 5) is 36.1. The van der Waals surface area contributed by atoms with Gasteiger partial charge in [0.1, 0.15) is 12.3 Å². The lowest BCUT2D eigenvalue weighted by atomic mass is 9.98. The molecule has 0 saturated carbocycles. The summed E-state index contributed by atoms with van der Waals surface area (Å²) >= 11 is 0. The summed E-state index contributed by atoms with van der Waals surface area (Å²) in [5.74, 6) is -2.17. The molecule has 2 amide bonds. The molecule has 1 heterocycles. The zero-order valence-electron chi connectivity index (χ0n) is 18.6. The van der Waals surface area contributed by atoms with Crippen molar-refractivity contribution in [3.63, 3.8) is 0 Å². The number of nitrogens with zero attached hydrogens (tertiary/aromatic N) is 2. The number of rotatable bonds is 7. The molecule has 34 heavy (non-hydrogen) atoms. The fourth-order valence-corrected chi connectivity index (χ4v) is 4.08. The van der Waals surface area contributed by atoms with Gasteiger partial charge in [0.25, 0.3) is 5.91 Å². The fraction of sp³-hybridized carbons (Fsp3) is 0.250. The van der Waals surface area contributed by atoms with Crippen LogP contribution in [0.4, 0.5) is 10.6 Å². The highest BCUT2D eigenvalue weighted by Crippen LogP contribution is 2.44. The molecule has 0 aliphatic heterocycles. The second kappa shape index (κ2) is 9.36. The monoisotopic (exact) mass is 464 g/mol. The highest BCUT2D eigenvalue weighted by Gasteiger charge is 2.30. The Morgan fingerprint density at radius 2 is 1.68 bits per heavy atom. The number of carboxylic acid groups (broad SMARTS) is 1. The van der Waals surface area contributed by atoms with Crippen LogP contribution in [-0.2, 0) is 16.6 Å². The predicted molar refractivity (Wildman–Crippen MR) is 122 cm³/mol. The molecule has 2 atom stereocenters. The summed E-state index contributed by atoms with van der Waals surface area (Å²) in [6, 6.07) is 15.8. The number of carbonyl (C=O) groups excluding carboxylic acids is 2. The number of carboxylic acids is 1. The smallest absolute Gasteiger partial charge is 0.412 e. The van der Waals surface area contributed by atoms with Crippen LogP contribution < -0.4 is 10.6 Å². The molecule has 10 heteroatoms. The lowest BCUT2D eigenvalue weighted by molar-refractivity contribution is -0.141. The van der Waals surface area contributed by atoms with E-state index in [0.717, 1.165) is 22.3 Å². The third-order valence-corrected chi connectivity index (χ3v) is 5.72. The zero-order valence-corrected chi connectivity index (χ0v) is 18.6. The van der Waals surface area contributed by atoms with Crippen LogP contribution >= 0.6 is 0 Å². The highest BCUT2D eigenvalue weighted by atomic mass is 16.5. The Labute approximate surface area is 195 Å². The number of hydrogen-bond donors (Lipinski definition) is 4. The van der Waals surface area contributed by atoms with Gasteiger partial charge >= 0.3 is 12.1 Å². The topological polar surface area (TPSA) is 143 Å². The molecule has 0 bridgehead atoms. The maximum atomic E-state index is 12.4. The zero-order chi connectivity index (χ0) is 24.4. The number of anilines is 1. The summed E-state index contributed by atoms with van der Waals surface area (Å²) in [6.07, 6.45) is -2.03. The van der Waals surface area contributed by atoms with Crippen LogP contribution in [0.15, 0.2) is 54.6 Å². The molecule has 2 aromatic carbocycles.